The highest BCUT2D eigenvalue weighted by Gasteiger charge is 2.51. The molecule has 0 bridgehead atoms. The molecular weight excluding hydrogens is 272 g/mol. The van der Waals surface area contributed by atoms with E-state index in [1.54, 1.807) is 4.90 Å². The van der Waals surface area contributed by atoms with Gasteiger partial charge in [0.15, 0.2) is 0 Å². The normalized spacial score (nSPS) is 17.7. The van der Waals surface area contributed by atoms with E-state index in [1.165, 1.54) is 7.11 Å². The van der Waals surface area contributed by atoms with Crippen LogP contribution in [0.15, 0.2) is 0 Å². The zero-order valence-electron chi connectivity index (χ0n) is 10.2. The maximum Gasteiger partial charge on any atom is 0.383 e. The standard InChI is InChI=1S/C10H14F4N2O3/c1-19-7(17)6-15-2-4-16(5-3-15)9(18)10(13,14)8(11)12/h8H,2-6H2,1H3. The van der Waals surface area contributed by atoms with Crippen LogP contribution in [-0.4, -0.2) is 73.9 Å². The van der Waals surface area contributed by atoms with Crippen LogP contribution >= 0.6 is 0 Å². The van der Waals surface area contributed by atoms with E-state index in [-0.39, 0.29) is 32.7 Å². The molecule has 1 aliphatic rings. The Morgan fingerprint density at radius 2 is 1.74 bits per heavy atom. The van der Waals surface area contributed by atoms with Crippen molar-refractivity contribution in [2.75, 3.05) is 39.8 Å². The fourth-order valence-corrected chi connectivity index (χ4v) is 1.66. The van der Waals surface area contributed by atoms with Crippen LogP contribution in [0, 0.1) is 0 Å². The summed E-state index contributed by atoms with van der Waals surface area (Å²) in [5.41, 5.74) is 0. The number of piperazine rings is 1. The molecule has 0 atom stereocenters. The van der Waals surface area contributed by atoms with Gasteiger partial charge in [0, 0.05) is 26.2 Å². The van der Waals surface area contributed by atoms with Gasteiger partial charge in [0.2, 0.25) is 0 Å². The molecule has 110 valence electrons. The van der Waals surface area contributed by atoms with Gasteiger partial charge in [0.25, 0.3) is 5.91 Å². The lowest BCUT2D eigenvalue weighted by Gasteiger charge is -2.35. The number of hydrogen-bond donors (Lipinski definition) is 0. The molecular formula is C10H14F4N2O3. The van der Waals surface area contributed by atoms with Crippen LogP contribution in [0.4, 0.5) is 17.6 Å². The molecule has 0 spiro atoms. The number of nitrogens with zero attached hydrogens (tertiary/aromatic N) is 2. The number of alkyl halides is 4. The second-order valence-corrected chi connectivity index (χ2v) is 4.07. The first kappa shape index (κ1) is 15.7. The van der Waals surface area contributed by atoms with Crippen LogP contribution < -0.4 is 0 Å². The van der Waals surface area contributed by atoms with E-state index in [9.17, 15) is 27.2 Å². The third kappa shape index (κ3) is 3.79. The molecule has 0 aromatic rings. The predicted octanol–water partition coefficient (Wildman–Crippen LogP) is 0.204. The van der Waals surface area contributed by atoms with Crippen molar-refractivity contribution in [3.05, 3.63) is 0 Å². The van der Waals surface area contributed by atoms with Crippen LogP contribution in [0.3, 0.4) is 0 Å². The summed E-state index contributed by atoms with van der Waals surface area (Å²) in [5, 5.41) is 0. The zero-order valence-corrected chi connectivity index (χ0v) is 10.2. The van der Waals surface area contributed by atoms with E-state index >= 15 is 0 Å². The molecule has 0 aromatic carbocycles. The minimum Gasteiger partial charge on any atom is -0.468 e. The van der Waals surface area contributed by atoms with Gasteiger partial charge in [-0.25, -0.2) is 8.78 Å². The van der Waals surface area contributed by atoms with Crippen LogP contribution in [0.1, 0.15) is 0 Å². The summed E-state index contributed by atoms with van der Waals surface area (Å²) in [5.74, 6) is -7.03. The molecule has 0 unspecified atom stereocenters. The van der Waals surface area contributed by atoms with E-state index in [4.69, 9.17) is 0 Å². The Morgan fingerprint density at radius 1 is 1.21 bits per heavy atom. The van der Waals surface area contributed by atoms with Crippen molar-refractivity contribution in [1.29, 1.82) is 0 Å². The van der Waals surface area contributed by atoms with Crippen molar-refractivity contribution in [3.63, 3.8) is 0 Å². The SMILES string of the molecule is COC(=O)CN1CCN(C(=O)C(F)(F)C(F)F)CC1. The van der Waals surface area contributed by atoms with Crippen LogP contribution in [-0.2, 0) is 14.3 Å². The minimum absolute atomic E-state index is 0.0240. The van der Waals surface area contributed by atoms with Gasteiger partial charge in [-0.05, 0) is 0 Å². The number of amides is 1. The monoisotopic (exact) mass is 286 g/mol. The number of rotatable bonds is 4. The van der Waals surface area contributed by atoms with Crippen molar-refractivity contribution < 1.29 is 31.9 Å². The first-order chi connectivity index (χ1) is 8.78. The Balaban J connectivity index is 2.50. The summed E-state index contributed by atoms with van der Waals surface area (Å²) in [6, 6.07) is 0. The van der Waals surface area contributed by atoms with E-state index in [2.05, 4.69) is 4.74 Å². The van der Waals surface area contributed by atoms with Crippen molar-refractivity contribution in [3.8, 4) is 0 Å². The van der Waals surface area contributed by atoms with E-state index in [1.807, 2.05) is 0 Å². The van der Waals surface area contributed by atoms with Gasteiger partial charge in [-0.15, -0.1) is 0 Å². The van der Waals surface area contributed by atoms with E-state index < -0.39 is 24.2 Å². The Bertz CT molecular complexity index is 344. The molecule has 1 aliphatic heterocycles. The molecule has 1 heterocycles. The molecule has 0 N–H and O–H groups in total. The summed E-state index contributed by atoms with van der Waals surface area (Å²) in [4.78, 5) is 24.5. The average molecular weight is 286 g/mol. The van der Waals surface area contributed by atoms with Crippen molar-refractivity contribution >= 4 is 11.9 Å². The summed E-state index contributed by atoms with van der Waals surface area (Å²) in [6.45, 7) is 0.0281. The van der Waals surface area contributed by atoms with Crippen molar-refractivity contribution in [2.45, 2.75) is 12.3 Å². The molecule has 1 rings (SSSR count). The maximum atomic E-state index is 12.9. The fourth-order valence-electron chi connectivity index (χ4n) is 1.66. The van der Waals surface area contributed by atoms with Crippen LogP contribution in [0.2, 0.25) is 0 Å². The number of carbonyl (C=O) groups excluding carboxylic acids is 2. The summed E-state index contributed by atoms with van der Waals surface area (Å²) in [6.07, 6.45) is -4.02. The molecule has 9 heteroatoms. The highest BCUT2D eigenvalue weighted by molar-refractivity contribution is 5.84. The summed E-state index contributed by atoms with van der Waals surface area (Å²) >= 11 is 0. The number of hydrogen-bond acceptors (Lipinski definition) is 4. The maximum absolute atomic E-state index is 12.9. The zero-order chi connectivity index (χ0) is 14.6. The average Bonchev–Trinajstić information content (AvgIpc) is 2.38. The highest BCUT2D eigenvalue weighted by atomic mass is 19.3. The smallest absolute Gasteiger partial charge is 0.383 e. The summed E-state index contributed by atoms with van der Waals surface area (Å²) < 4.78 is 54.2. The first-order valence-corrected chi connectivity index (χ1v) is 5.53. The predicted molar refractivity (Wildman–Crippen MR) is 56.0 cm³/mol. The Labute approximate surface area is 107 Å². The number of methoxy groups -OCH3 is 1. The summed E-state index contributed by atoms with van der Waals surface area (Å²) in [7, 11) is 1.21. The number of halogens is 4. The number of ether oxygens (including phenoxy) is 1. The molecule has 5 nitrogen and oxygen atoms in total. The van der Waals surface area contributed by atoms with Crippen LogP contribution in [0.5, 0.6) is 0 Å². The molecule has 0 aromatic heterocycles. The Morgan fingerprint density at radius 3 is 2.16 bits per heavy atom. The fraction of sp³-hybridized carbons (Fsp3) is 0.800. The van der Waals surface area contributed by atoms with Gasteiger partial charge in [0.05, 0.1) is 13.7 Å². The number of carbonyl (C=O) groups is 2. The molecule has 1 fully saturated rings. The molecule has 1 amide bonds. The third-order valence-corrected chi connectivity index (χ3v) is 2.80. The number of esters is 1. The lowest BCUT2D eigenvalue weighted by Crippen LogP contribution is -2.55. The minimum atomic E-state index is -4.66. The van der Waals surface area contributed by atoms with Gasteiger partial charge in [-0.3, -0.25) is 14.5 Å². The molecule has 0 saturated carbocycles. The quantitative estimate of drug-likeness (QED) is 0.547. The largest absolute Gasteiger partial charge is 0.468 e. The van der Waals surface area contributed by atoms with Crippen LogP contribution in [0.25, 0.3) is 0 Å². The molecule has 0 radical (unpaired) electrons. The Hall–Kier alpha value is -1.38. The van der Waals surface area contributed by atoms with E-state index in [0.29, 0.717) is 4.90 Å². The molecule has 1 saturated heterocycles. The topological polar surface area (TPSA) is 49.9 Å². The van der Waals surface area contributed by atoms with Gasteiger partial charge in [-0.2, -0.15) is 8.78 Å². The van der Waals surface area contributed by atoms with Gasteiger partial charge < -0.3 is 9.64 Å². The Kier molecular flexibility index (Phi) is 5.10. The third-order valence-electron chi connectivity index (χ3n) is 2.80. The highest BCUT2D eigenvalue weighted by Crippen LogP contribution is 2.25. The second kappa shape index (κ2) is 6.18. The second-order valence-electron chi connectivity index (χ2n) is 4.07. The van der Waals surface area contributed by atoms with Gasteiger partial charge in [0.1, 0.15) is 0 Å². The first-order valence-electron chi connectivity index (χ1n) is 5.53. The molecule has 0 aliphatic carbocycles. The lowest BCUT2D eigenvalue weighted by atomic mass is 10.2. The van der Waals surface area contributed by atoms with Crippen molar-refractivity contribution in [2.24, 2.45) is 0 Å². The van der Waals surface area contributed by atoms with Gasteiger partial charge >= 0.3 is 18.3 Å². The van der Waals surface area contributed by atoms with E-state index in [0.717, 1.165) is 0 Å². The lowest BCUT2D eigenvalue weighted by molar-refractivity contribution is -0.182. The van der Waals surface area contributed by atoms with Crippen molar-refractivity contribution in [1.82, 2.24) is 9.80 Å². The molecule has 19 heavy (non-hydrogen) atoms. The van der Waals surface area contributed by atoms with Gasteiger partial charge in [-0.1, -0.05) is 0 Å².